The Labute approximate surface area is 217 Å². The summed E-state index contributed by atoms with van der Waals surface area (Å²) in [6.07, 6.45) is 0.829. The van der Waals surface area contributed by atoms with E-state index in [1.54, 1.807) is 6.26 Å². The Morgan fingerprint density at radius 3 is 1.92 bits per heavy atom. The largest absolute Gasteiger partial charge is 0.481 e. The molecule has 0 saturated heterocycles. The molecule has 4 amide bonds. The third-order valence-electron chi connectivity index (χ3n) is 4.85. The van der Waals surface area contributed by atoms with E-state index in [2.05, 4.69) is 20.9 Å². The molecule has 0 aromatic rings. The minimum absolute atomic E-state index is 0.0153. The lowest BCUT2D eigenvalue weighted by Crippen LogP contribution is -2.57. The highest BCUT2D eigenvalue weighted by Gasteiger charge is 2.31. The number of carboxylic acids is 2. The molecule has 0 spiro atoms. The number of rotatable bonds is 19. The summed E-state index contributed by atoms with van der Waals surface area (Å²) in [6, 6.07) is -5.30. The fourth-order valence-corrected chi connectivity index (χ4v) is 3.38. The van der Waals surface area contributed by atoms with Gasteiger partial charge in [0.25, 0.3) is 0 Å². The van der Waals surface area contributed by atoms with Gasteiger partial charge in [-0.3, -0.25) is 29.0 Å². The number of carbonyl (C=O) groups excluding carboxylic acids is 4. The van der Waals surface area contributed by atoms with Crippen LogP contribution < -0.4 is 38.9 Å². The first-order valence-corrected chi connectivity index (χ1v) is 12.6. The number of nitrogens with zero attached hydrogens (tertiary/aromatic N) is 1. The van der Waals surface area contributed by atoms with Crippen LogP contribution in [-0.2, 0) is 28.8 Å². The summed E-state index contributed by atoms with van der Waals surface area (Å²) in [7, 11) is 0. The second kappa shape index (κ2) is 17.8. The summed E-state index contributed by atoms with van der Waals surface area (Å²) in [4.78, 5) is 75.6. The van der Waals surface area contributed by atoms with E-state index in [0.717, 1.165) is 0 Å². The highest BCUT2D eigenvalue weighted by atomic mass is 32.2. The highest BCUT2D eigenvalue weighted by molar-refractivity contribution is 7.98. The van der Waals surface area contributed by atoms with E-state index >= 15 is 0 Å². The van der Waals surface area contributed by atoms with Gasteiger partial charge < -0.3 is 49.1 Å². The van der Waals surface area contributed by atoms with E-state index < -0.39 is 72.6 Å². The molecule has 0 heterocycles. The van der Waals surface area contributed by atoms with Gasteiger partial charge in [0.15, 0.2) is 5.96 Å². The van der Waals surface area contributed by atoms with Crippen LogP contribution in [0.5, 0.6) is 0 Å². The van der Waals surface area contributed by atoms with E-state index in [4.69, 9.17) is 28.0 Å². The van der Waals surface area contributed by atoms with Gasteiger partial charge in [-0.25, -0.2) is 4.79 Å². The van der Waals surface area contributed by atoms with Gasteiger partial charge in [0.2, 0.25) is 23.6 Å². The molecule has 37 heavy (non-hydrogen) atoms. The van der Waals surface area contributed by atoms with Crippen molar-refractivity contribution in [3.05, 3.63) is 0 Å². The third kappa shape index (κ3) is 15.2. The van der Waals surface area contributed by atoms with Crippen LogP contribution >= 0.6 is 11.8 Å². The number of aliphatic carboxylic acids is 2. The van der Waals surface area contributed by atoms with Crippen LogP contribution in [-0.4, -0.2) is 94.5 Å². The average molecular weight is 549 g/mol. The molecule has 0 aliphatic rings. The fourth-order valence-electron chi connectivity index (χ4n) is 2.91. The Kier molecular flexibility index (Phi) is 16.0. The Bertz CT molecular complexity index is 852. The number of hydrogen-bond donors (Lipinski definition) is 9. The predicted octanol–water partition coefficient (Wildman–Crippen LogP) is -3.60. The zero-order valence-electron chi connectivity index (χ0n) is 20.5. The first kappa shape index (κ1) is 33.4. The molecule has 0 aromatic carbocycles. The first-order chi connectivity index (χ1) is 17.3. The predicted molar refractivity (Wildman–Crippen MR) is 135 cm³/mol. The lowest BCUT2D eigenvalue weighted by atomic mass is 10.1. The first-order valence-electron chi connectivity index (χ1n) is 11.2. The van der Waals surface area contributed by atoms with Crippen molar-refractivity contribution in [3.8, 4) is 0 Å². The zero-order valence-corrected chi connectivity index (χ0v) is 21.3. The molecule has 0 aliphatic heterocycles. The van der Waals surface area contributed by atoms with Gasteiger partial charge in [-0.05, 0) is 37.7 Å². The maximum Gasteiger partial charge on any atom is 0.326 e. The number of amides is 4. The van der Waals surface area contributed by atoms with E-state index in [9.17, 15) is 33.9 Å². The van der Waals surface area contributed by atoms with Crippen molar-refractivity contribution >= 4 is 53.3 Å². The van der Waals surface area contributed by atoms with Gasteiger partial charge in [0, 0.05) is 13.0 Å². The number of primary amides is 1. The van der Waals surface area contributed by atoms with Crippen LogP contribution in [0.1, 0.15) is 38.5 Å². The lowest BCUT2D eigenvalue weighted by Gasteiger charge is -2.24. The molecular weight excluding hydrogens is 512 g/mol. The Balaban J connectivity index is 5.61. The van der Waals surface area contributed by atoms with Crippen LogP contribution in [0, 0.1) is 0 Å². The van der Waals surface area contributed by atoms with Gasteiger partial charge in [-0.2, -0.15) is 11.8 Å². The van der Waals surface area contributed by atoms with Crippen molar-refractivity contribution in [1.82, 2.24) is 16.0 Å². The summed E-state index contributed by atoms with van der Waals surface area (Å²) in [5.41, 5.74) is 21.4. The van der Waals surface area contributed by atoms with Crippen molar-refractivity contribution in [2.24, 2.45) is 27.9 Å². The zero-order chi connectivity index (χ0) is 28.5. The molecular formula is C20H36N8O8S. The van der Waals surface area contributed by atoms with Crippen molar-refractivity contribution in [1.29, 1.82) is 0 Å². The Hall–Kier alpha value is -3.60. The van der Waals surface area contributed by atoms with E-state index in [-0.39, 0.29) is 38.2 Å². The standard InChI is InChI=1S/C20H36N8O8S/c1-37-8-6-12(19(35)36)27-17(33)11(3-2-7-25-20(23)24)26-18(34)13(9-14(22)29)28-16(32)10(21)4-5-15(30)31/h10-13H,2-9,21H2,1H3,(H2,22,29)(H,26,34)(H,27,33)(H,28,32)(H,30,31)(H,35,36)(H4,23,24,25). The maximum atomic E-state index is 12.9. The Morgan fingerprint density at radius 1 is 0.838 bits per heavy atom. The summed E-state index contributed by atoms with van der Waals surface area (Å²) in [6.45, 7) is 0.108. The maximum absolute atomic E-state index is 12.9. The molecule has 0 fully saturated rings. The molecule has 0 aromatic heterocycles. The minimum Gasteiger partial charge on any atom is -0.481 e. The SMILES string of the molecule is CSCCC(NC(=O)C(CCCN=C(N)N)NC(=O)C(CC(N)=O)NC(=O)C(N)CCC(=O)O)C(=O)O. The molecule has 210 valence electrons. The van der Waals surface area contributed by atoms with Crippen molar-refractivity contribution < 1.29 is 39.0 Å². The number of aliphatic imine (C=N–C) groups is 1. The van der Waals surface area contributed by atoms with Crippen LogP contribution in [0.4, 0.5) is 0 Å². The average Bonchev–Trinajstić information content (AvgIpc) is 2.80. The monoisotopic (exact) mass is 548 g/mol. The molecule has 4 atom stereocenters. The van der Waals surface area contributed by atoms with Gasteiger partial charge in [0.05, 0.1) is 12.5 Å². The summed E-state index contributed by atoms with van der Waals surface area (Å²) in [5, 5.41) is 25.1. The molecule has 16 nitrogen and oxygen atoms in total. The van der Waals surface area contributed by atoms with Gasteiger partial charge in [0.1, 0.15) is 18.1 Å². The summed E-state index contributed by atoms with van der Waals surface area (Å²) >= 11 is 1.39. The number of guanidine groups is 1. The third-order valence-corrected chi connectivity index (χ3v) is 5.49. The molecule has 17 heteroatoms. The second-order valence-corrected chi connectivity index (χ2v) is 8.95. The topological polar surface area (TPSA) is 295 Å². The van der Waals surface area contributed by atoms with Crippen molar-refractivity contribution in [3.63, 3.8) is 0 Å². The molecule has 0 aliphatic carbocycles. The highest BCUT2D eigenvalue weighted by Crippen LogP contribution is 2.06. The number of nitrogens with one attached hydrogen (secondary N) is 3. The van der Waals surface area contributed by atoms with Crippen LogP contribution in [0.2, 0.25) is 0 Å². The number of nitrogens with two attached hydrogens (primary N) is 4. The molecule has 4 unspecified atom stereocenters. The van der Waals surface area contributed by atoms with E-state index in [1.165, 1.54) is 11.8 Å². The van der Waals surface area contributed by atoms with Crippen molar-refractivity contribution in [2.45, 2.75) is 62.7 Å². The van der Waals surface area contributed by atoms with Gasteiger partial charge >= 0.3 is 11.9 Å². The van der Waals surface area contributed by atoms with Crippen LogP contribution in [0.15, 0.2) is 4.99 Å². The smallest absolute Gasteiger partial charge is 0.326 e. The number of hydrogen-bond acceptors (Lipinski definition) is 9. The quantitative estimate of drug-likeness (QED) is 0.0429. The molecule has 0 saturated carbocycles. The molecule has 0 bridgehead atoms. The van der Waals surface area contributed by atoms with E-state index in [0.29, 0.717) is 5.75 Å². The number of carbonyl (C=O) groups is 6. The van der Waals surface area contributed by atoms with E-state index in [1.807, 2.05) is 0 Å². The summed E-state index contributed by atoms with van der Waals surface area (Å²) in [5.74, 6) is -5.80. The number of thioether (sulfide) groups is 1. The van der Waals surface area contributed by atoms with Gasteiger partial charge in [-0.1, -0.05) is 0 Å². The van der Waals surface area contributed by atoms with Crippen LogP contribution in [0.3, 0.4) is 0 Å². The van der Waals surface area contributed by atoms with Gasteiger partial charge in [-0.15, -0.1) is 0 Å². The molecule has 0 rings (SSSR count). The number of carboxylic acid groups (broad SMARTS) is 2. The second-order valence-electron chi connectivity index (χ2n) is 7.96. The van der Waals surface area contributed by atoms with Crippen LogP contribution in [0.25, 0.3) is 0 Å². The Morgan fingerprint density at radius 2 is 1.41 bits per heavy atom. The normalized spacial score (nSPS) is 13.8. The minimum atomic E-state index is -1.53. The fraction of sp³-hybridized carbons (Fsp3) is 0.650. The lowest BCUT2D eigenvalue weighted by molar-refractivity contribution is -0.142. The summed E-state index contributed by atoms with van der Waals surface area (Å²) < 4.78 is 0. The molecule has 0 radical (unpaired) electrons. The molecule has 13 N–H and O–H groups in total. The van der Waals surface area contributed by atoms with Crippen molar-refractivity contribution in [2.75, 3.05) is 18.6 Å².